The van der Waals surface area contributed by atoms with Crippen molar-refractivity contribution in [2.24, 2.45) is 0 Å². The van der Waals surface area contributed by atoms with Gasteiger partial charge in [0.15, 0.2) is 0 Å². The summed E-state index contributed by atoms with van der Waals surface area (Å²) in [5.74, 6) is -0.533. The van der Waals surface area contributed by atoms with Gasteiger partial charge >= 0.3 is 17.8 Å². The van der Waals surface area contributed by atoms with Gasteiger partial charge in [-0.05, 0) is 43.4 Å². The third-order valence-corrected chi connectivity index (χ3v) is 6.46. The second-order valence-corrected chi connectivity index (χ2v) is 8.22. The molecule has 2 saturated heterocycles. The van der Waals surface area contributed by atoms with Crippen LogP contribution >= 0.6 is 0 Å². The SMILES string of the molecule is COc1ccc([C@@H]2CCCCCN2CN2C(=O)C(=O)N(C3CCCC3)C2=O)cc1. The van der Waals surface area contributed by atoms with E-state index in [-0.39, 0.29) is 18.8 Å². The molecule has 1 aromatic carbocycles. The molecule has 1 aliphatic carbocycles. The number of likely N-dealkylation sites (tertiary alicyclic amines) is 1. The van der Waals surface area contributed by atoms with Gasteiger partial charge in [-0.15, -0.1) is 0 Å². The fourth-order valence-corrected chi connectivity index (χ4v) is 4.85. The van der Waals surface area contributed by atoms with Crippen molar-refractivity contribution in [3.8, 4) is 5.75 Å². The number of nitrogens with zero attached hydrogens (tertiary/aromatic N) is 3. The highest BCUT2D eigenvalue weighted by molar-refractivity contribution is 6.44. The topological polar surface area (TPSA) is 70.2 Å². The molecule has 156 valence electrons. The van der Waals surface area contributed by atoms with Crippen molar-refractivity contribution in [2.45, 2.75) is 63.5 Å². The van der Waals surface area contributed by atoms with Gasteiger partial charge in [0.1, 0.15) is 5.75 Å². The second-order valence-electron chi connectivity index (χ2n) is 8.22. The maximum Gasteiger partial charge on any atom is 0.335 e. The van der Waals surface area contributed by atoms with Crippen molar-refractivity contribution in [3.05, 3.63) is 29.8 Å². The van der Waals surface area contributed by atoms with E-state index in [9.17, 15) is 14.4 Å². The molecule has 0 aromatic heterocycles. The highest BCUT2D eigenvalue weighted by atomic mass is 16.5. The number of urea groups is 1. The summed E-state index contributed by atoms with van der Waals surface area (Å²) in [4.78, 5) is 42.7. The van der Waals surface area contributed by atoms with Gasteiger partial charge in [-0.25, -0.2) is 9.69 Å². The summed E-state index contributed by atoms with van der Waals surface area (Å²) < 4.78 is 5.26. The van der Waals surface area contributed by atoms with Crippen LogP contribution in [0.5, 0.6) is 5.75 Å². The smallest absolute Gasteiger partial charge is 0.335 e. The first kappa shape index (κ1) is 19.9. The monoisotopic (exact) mass is 399 g/mol. The molecule has 1 atom stereocenters. The minimum absolute atomic E-state index is 0.111. The van der Waals surface area contributed by atoms with E-state index in [2.05, 4.69) is 4.90 Å². The first-order valence-electron chi connectivity index (χ1n) is 10.7. The fraction of sp³-hybridized carbons (Fsp3) is 0.591. The van der Waals surface area contributed by atoms with Gasteiger partial charge < -0.3 is 4.74 Å². The zero-order valence-corrected chi connectivity index (χ0v) is 17.0. The number of carbonyl (C=O) groups excluding carboxylic acids is 3. The molecule has 0 radical (unpaired) electrons. The summed E-state index contributed by atoms with van der Waals surface area (Å²) in [5, 5.41) is 0. The van der Waals surface area contributed by atoms with Crippen LogP contribution in [0, 0.1) is 0 Å². The van der Waals surface area contributed by atoms with Gasteiger partial charge in [0.2, 0.25) is 0 Å². The van der Waals surface area contributed by atoms with Crippen LogP contribution in [0.1, 0.15) is 63.0 Å². The highest BCUT2D eigenvalue weighted by Crippen LogP contribution is 2.33. The molecule has 29 heavy (non-hydrogen) atoms. The molecule has 0 spiro atoms. The van der Waals surface area contributed by atoms with Crippen LogP contribution < -0.4 is 4.74 Å². The predicted octanol–water partition coefficient (Wildman–Crippen LogP) is 3.30. The number of hydrogen-bond acceptors (Lipinski definition) is 5. The minimum atomic E-state index is -0.681. The standard InChI is InChI=1S/C22H29N3O4/c1-29-18-12-10-16(11-13-18)19-9-3-2-6-14-23(19)15-24-20(26)21(27)25(22(24)28)17-7-4-5-8-17/h10-13,17,19H,2-9,14-15H2,1H3/t19-/m0/s1. The van der Waals surface area contributed by atoms with Gasteiger partial charge in [0.25, 0.3) is 0 Å². The zero-order valence-electron chi connectivity index (χ0n) is 17.0. The van der Waals surface area contributed by atoms with E-state index in [0.29, 0.717) is 0 Å². The Hall–Kier alpha value is -2.41. The Labute approximate surface area is 171 Å². The van der Waals surface area contributed by atoms with Crippen molar-refractivity contribution in [3.63, 3.8) is 0 Å². The average Bonchev–Trinajstić information content (AvgIpc) is 3.24. The van der Waals surface area contributed by atoms with Crippen molar-refractivity contribution in [1.82, 2.24) is 14.7 Å². The molecule has 3 aliphatic rings. The Kier molecular flexibility index (Phi) is 5.85. The van der Waals surface area contributed by atoms with Gasteiger partial charge in [-0.1, -0.05) is 37.8 Å². The minimum Gasteiger partial charge on any atom is -0.497 e. The molecule has 0 bridgehead atoms. The van der Waals surface area contributed by atoms with Crippen LogP contribution in [-0.4, -0.2) is 58.9 Å². The Balaban J connectivity index is 1.54. The maximum absolute atomic E-state index is 13.0. The molecule has 0 N–H and O–H groups in total. The lowest BCUT2D eigenvalue weighted by Gasteiger charge is -2.33. The van der Waals surface area contributed by atoms with Gasteiger partial charge in [0.05, 0.1) is 13.8 Å². The molecule has 7 nitrogen and oxygen atoms in total. The summed E-state index contributed by atoms with van der Waals surface area (Å²) in [6.07, 6.45) is 7.81. The number of methoxy groups -OCH3 is 1. The Morgan fingerprint density at radius 3 is 2.28 bits per heavy atom. The molecule has 0 unspecified atom stereocenters. The highest BCUT2D eigenvalue weighted by Gasteiger charge is 2.48. The van der Waals surface area contributed by atoms with E-state index >= 15 is 0 Å². The van der Waals surface area contributed by atoms with E-state index in [1.54, 1.807) is 7.11 Å². The summed E-state index contributed by atoms with van der Waals surface area (Å²) in [6, 6.07) is 7.53. The zero-order chi connectivity index (χ0) is 20.4. The van der Waals surface area contributed by atoms with E-state index in [1.165, 1.54) is 4.90 Å². The third-order valence-electron chi connectivity index (χ3n) is 6.46. The molecule has 4 rings (SSSR count). The van der Waals surface area contributed by atoms with E-state index in [0.717, 1.165) is 74.1 Å². The fourth-order valence-electron chi connectivity index (χ4n) is 4.85. The number of carbonyl (C=O) groups is 3. The number of rotatable bonds is 5. The summed E-state index contributed by atoms with van der Waals surface area (Å²) in [7, 11) is 1.64. The molecular weight excluding hydrogens is 370 g/mol. The molecule has 2 heterocycles. The largest absolute Gasteiger partial charge is 0.497 e. The van der Waals surface area contributed by atoms with Gasteiger partial charge in [-0.2, -0.15) is 0 Å². The summed E-state index contributed by atoms with van der Waals surface area (Å²) in [6.45, 7) is 0.967. The van der Waals surface area contributed by atoms with E-state index in [1.807, 2.05) is 24.3 Å². The van der Waals surface area contributed by atoms with Crippen LogP contribution in [0.2, 0.25) is 0 Å². The third kappa shape index (κ3) is 3.88. The molecular formula is C22H29N3O4. The number of benzene rings is 1. The van der Waals surface area contributed by atoms with Gasteiger partial charge in [0, 0.05) is 18.6 Å². The van der Waals surface area contributed by atoms with Crippen LogP contribution in [0.4, 0.5) is 4.79 Å². The molecule has 3 fully saturated rings. The molecule has 7 heteroatoms. The molecule has 4 amide bonds. The van der Waals surface area contributed by atoms with Crippen molar-refractivity contribution in [1.29, 1.82) is 0 Å². The average molecular weight is 399 g/mol. The molecule has 2 aliphatic heterocycles. The van der Waals surface area contributed by atoms with Gasteiger partial charge in [-0.3, -0.25) is 19.4 Å². The Morgan fingerprint density at radius 1 is 0.897 bits per heavy atom. The maximum atomic E-state index is 13.0. The van der Waals surface area contributed by atoms with E-state index < -0.39 is 17.8 Å². The van der Waals surface area contributed by atoms with Crippen molar-refractivity contribution in [2.75, 3.05) is 20.3 Å². The lowest BCUT2D eigenvalue weighted by Crippen LogP contribution is -2.45. The number of imide groups is 2. The van der Waals surface area contributed by atoms with Crippen molar-refractivity contribution >= 4 is 17.8 Å². The van der Waals surface area contributed by atoms with Crippen LogP contribution in [0.3, 0.4) is 0 Å². The quantitative estimate of drug-likeness (QED) is 0.561. The number of ether oxygens (including phenoxy) is 1. The van der Waals surface area contributed by atoms with Crippen molar-refractivity contribution < 1.29 is 19.1 Å². The number of amides is 4. The lowest BCUT2D eigenvalue weighted by molar-refractivity contribution is -0.144. The predicted molar refractivity (Wildman–Crippen MR) is 107 cm³/mol. The second kappa shape index (κ2) is 8.53. The van der Waals surface area contributed by atoms with Crippen LogP contribution in [0.15, 0.2) is 24.3 Å². The first-order chi connectivity index (χ1) is 14.1. The van der Waals surface area contributed by atoms with Crippen LogP contribution in [0.25, 0.3) is 0 Å². The normalized spacial score (nSPS) is 24.4. The van der Waals surface area contributed by atoms with Crippen LogP contribution in [-0.2, 0) is 9.59 Å². The lowest BCUT2D eigenvalue weighted by atomic mass is 10.0. The Bertz CT molecular complexity index is 773. The summed E-state index contributed by atoms with van der Waals surface area (Å²) in [5.41, 5.74) is 1.14. The number of hydrogen-bond donors (Lipinski definition) is 0. The molecule has 1 aromatic rings. The van der Waals surface area contributed by atoms with E-state index in [4.69, 9.17) is 4.74 Å². The molecule has 1 saturated carbocycles. The summed E-state index contributed by atoms with van der Waals surface area (Å²) >= 11 is 0. The Morgan fingerprint density at radius 2 is 1.59 bits per heavy atom. The first-order valence-corrected chi connectivity index (χ1v) is 10.7.